The van der Waals surface area contributed by atoms with Gasteiger partial charge >= 0.3 is 6.18 Å². The topological polar surface area (TPSA) is 81.1 Å². The molecule has 0 spiro atoms. The monoisotopic (exact) mass is 413 g/mol. The van der Waals surface area contributed by atoms with Gasteiger partial charge in [0.25, 0.3) is 0 Å². The molecule has 1 saturated heterocycles. The third kappa shape index (κ3) is 3.30. The van der Waals surface area contributed by atoms with Gasteiger partial charge in [-0.3, -0.25) is 4.79 Å². The van der Waals surface area contributed by atoms with Crippen molar-refractivity contribution in [1.82, 2.24) is 9.78 Å². The zero-order chi connectivity index (χ0) is 20.3. The van der Waals surface area contributed by atoms with E-state index in [2.05, 4.69) is 10.4 Å². The lowest BCUT2D eigenvalue weighted by Gasteiger charge is -2.26. The van der Waals surface area contributed by atoms with E-state index in [4.69, 9.17) is 0 Å². The zero-order valence-electron chi connectivity index (χ0n) is 15.0. The van der Waals surface area contributed by atoms with Crippen LogP contribution >= 0.6 is 0 Å². The number of hydrogen-bond donors (Lipinski definition) is 1. The molecule has 1 aromatic carbocycles. The molecular weight excluding hydrogens is 395 g/mol. The molecule has 0 radical (unpaired) electrons. The highest BCUT2D eigenvalue weighted by Gasteiger charge is 2.38. The number of carbonyl (C=O) groups is 1. The molecule has 2 unspecified atom stereocenters. The predicted octanol–water partition coefficient (Wildman–Crippen LogP) is 3.04. The summed E-state index contributed by atoms with van der Waals surface area (Å²) in [6.07, 6.45) is -4.09. The number of sulfone groups is 1. The number of halogens is 3. The van der Waals surface area contributed by atoms with Gasteiger partial charge in [0.1, 0.15) is 5.82 Å². The van der Waals surface area contributed by atoms with Gasteiger partial charge < -0.3 is 5.32 Å². The van der Waals surface area contributed by atoms with E-state index in [1.807, 2.05) is 0 Å². The predicted molar refractivity (Wildman–Crippen MR) is 95.8 cm³/mol. The van der Waals surface area contributed by atoms with Crippen LogP contribution in [-0.2, 0) is 20.8 Å². The molecule has 10 heteroatoms. The van der Waals surface area contributed by atoms with Gasteiger partial charge in [-0.15, -0.1) is 0 Å². The summed E-state index contributed by atoms with van der Waals surface area (Å²) in [4.78, 5) is 12.3. The van der Waals surface area contributed by atoms with Crippen LogP contribution in [0.25, 0.3) is 0 Å². The summed E-state index contributed by atoms with van der Waals surface area (Å²) in [5.74, 6) is -0.533. The van der Waals surface area contributed by atoms with Gasteiger partial charge in [-0.05, 0) is 25.0 Å². The molecule has 1 N–H and O–H groups in total. The number of fused-ring (bicyclic) bond motifs is 1. The summed E-state index contributed by atoms with van der Waals surface area (Å²) in [6.45, 7) is 1.72. The van der Waals surface area contributed by atoms with Gasteiger partial charge in [0.2, 0.25) is 5.91 Å². The number of carbonyl (C=O) groups excluding carboxylic acids is 1. The lowest BCUT2D eigenvalue weighted by molar-refractivity contribution is -0.137. The fraction of sp³-hybridized carbons (Fsp3) is 0.444. The second-order valence-electron chi connectivity index (χ2n) is 7.28. The van der Waals surface area contributed by atoms with Crippen LogP contribution in [0.4, 0.5) is 19.0 Å². The summed E-state index contributed by atoms with van der Waals surface area (Å²) in [6, 6.07) is 4.55. The zero-order valence-corrected chi connectivity index (χ0v) is 15.8. The molecule has 2 atom stereocenters. The molecule has 0 saturated carbocycles. The molecule has 150 valence electrons. The van der Waals surface area contributed by atoms with Gasteiger partial charge in [0, 0.05) is 17.9 Å². The average molecular weight is 413 g/mol. The molecule has 2 aliphatic heterocycles. The first kappa shape index (κ1) is 19.0. The van der Waals surface area contributed by atoms with E-state index in [-0.39, 0.29) is 23.8 Å². The summed E-state index contributed by atoms with van der Waals surface area (Å²) in [7, 11) is -3.16. The molecule has 2 aliphatic rings. The van der Waals surface area contributed by atoms with Gasteiger partial charge in [0.05, 0.1) is 28.8 Å². The van der Waals surface area contributed by atoms with Crippen molar-refractivity contribution in [2.45, 2.75) is 37.9 Å². The van der Waals surface area contributed by atoms with Crippen LogP contribution in [0.1, 0.15) is 47.2 Å². The molecule has 0 bridgehead atoms. The first-order valence-electron chi connectivity index (χ1n) is 8.81. The SMILES string of the molecule is Cc1nn(C2CCS(=O)(=O)C2)c2c1C(c1cccc(C(F)(F)F)c1)CC(=O)N2. The number of hydrogen-bond acceptors (Lipinski definition) is 4. The Labute approximate surface area is 159 Å². The van der Waals surface area contributed by atoms with E-state index in [9.17, 15) is 26.4 Å². The smallest absolute Gasteiger partial charge is 0.311 e. The highest BCUT2D eigenvalue weighted by molar-refractivity contribution is 7.91. The van der Waals surface area contributed by atoms with Crippen LogP contribution in [-0.4, -0.2) is 35.6 Å². The number of aromatic nitrogens is 2. The van der Waals surface area contributed by atoms with Crippen LogP contribution in [0.3, 0.4) is 0 Å². The molecule has 3 heterocycles. The minimum absolute atomic E-state index is 0.00378. The van der Waals surface area contributed by atoms with Gasteiger partial charge in [-0.2, -0.15) is 18.3 Å². The number of nitrogens with zero attached hydrogens (tertiary/aromatic N) is 2. The third-order valence-electron chi connectivity index (χ3n) is 5.30. The van der Waals surface area contributed by atoms with E-state index < -0.39 is 33.5 Å². The Hall–Kier alpha value is -2.36. The number of benzene rings is 1. The number of anilines is 1. The standard InChI is InChI=1S/C18H18F3N3O3S/c1-10-16-14(11-3-2-4-12(7-11)18(19,20)21)8-15(25)22-17(16)24(23-10)13-5-6-28(26,27)9-13/h2-4,7,13-14H,5-6,8-9H2,1H3,(H,22,25). The van der Waals surface area contributed by atoms with Crippen molar-refractivity contribution < 1.29 is 26.4 Å². The summed E-state index contributed by atoms with van der Waals surface area (Å²) < 4.78 is 64.5. The summed E-state index contributed by atoms with van der Waals surface area (Å²) in [5.41, 5.74) is 0.821. The Balaban J connectivity index is 1.79. The van der Waals surface area contributed by atoms with Crippen molar-refractivity contribution in [3.05, 3.63) is 46.6 Å². The number of aryl methyl sites for hydroxylation is 1. The van der Waals surface area contributed by atoms with E-state index in [0.717, 1.165) is 12.1 Å². The fourth-order valence-corrected chi connectivity index (χ4v) is 5.71. The first-order chi connectivity index (χ1) is 13.0. The Morgan fingerprint density at radius 3 is 2.68 bits per heavy atom. The number of amides is 1. The molecule has 2 aromatic rings. The van der Waals surface area contributed by atoms with E-state index in [0.29, 0.717) is 29.1 Å². The fourth-order valence-electron chi connectivity index (χ4n) is 4.02. The quantitative estimate of drug-likeness (QED) is 0.821. The van der Waals surface area contributed by atoms with Crippen LogP contribution in [0.15, 0.2) is 24.3 Å². The normalized spacial score (nSPS) is 24.1. The first-order valence-corrected chi connectivity index (χ1v) is 10.6. The van der Waals surface area contributed by atoms with E-state index in [1.54, 1.807) is 13.0 Å². The highest BCUT2D eigenvalue weighted by Crippen LogP contribution is 2.42. The molecular formula is C18H18F3N3O3S. The number of rotatable bonds is 2. The lowest BCUT2D eigenvalue weighted by Crippen LogP contribution is -2.26. The Bertz CT molecular complexity index is 1060. The maximum absolute atomic E-state index is 13.1. The Morgan fingerprint density at radius 2 is 2.04 bits per heavy atom. The van der Waals surface area contributed by atoms with Crippen molar-refractivity contribution in [3.63, 3.8) is 0 Å². The van der Waals surface area contributed by atoms with Crippen LogP contribution < -0.4 is 5.32 Å². The maximum atomic E-state index is 13.1. The van der Waals surface area contributed by atoms with Crippen molar-refractivity contribution in [1.29, 1.82) is 0 Å². The van der Waals surface area contributed by atoms with E-state index in [1.165, 1.54) is 10.7 Å². The number of nitrogens with one attached hydrogen (secondary N) is 1. The largest absolute Gasteiger partial charge is 0.416 e. The molecule has 1 fully saturated rings. The van der Waals surface area contributed by atoms with E-state index >= 15 is 0 Å². The molecule has 6 nitrogen and oxygen atoms in total. The second-order valence-corrected chi connectivity index (χ2v) is 9.51. The van der Waals surface area contributed by atoms with Crippen LogP contribution in [0.2, 0.25) is 0 Å². The minimum Gasteiger partial charge on any atom is -0.311 e. The third-order valence-corrected chi connectivity index (χ3v) is 7.05. The molecule has 1 aromatic heterocycles. The maximum Gasteiger partial charge on any atom is 0.416 e. The van der Waals surface area contributed by atoms with Crippen molar-refractivity contribution in [3.8, 4) is 0 Å². The van der Waals surface area contributed by atoms with Crippen LogP contribution in [0.5, 0.6) is 0 Å². The molecule has 28 heavy (non-hydrogen) atoms. The van der Waals surface area contributed by atoms with Crippen molar-refractivity contribution in [2.24, 2.45) is 0 Å². The average Bonchev–Trinajstić information content (AvgIpc) is 3.13. The Morgan fingerprint density at radius 1 is 1.29 bits per heavy atom. The summed E-state index contributed by atoms with van der Waals surface area (Å²) in [5, 5.41) is 7.18. The molecule has 4 rings (SSSR count). The van der Waals surface area contributed by atoms with Gasteiger partial charge in [-0.25, -0.2) is 13.1 Å². The van der Waals surface area contributed by atoms with Gasteiger partial charge in [-0.1, -0.05) is 18.2 Å². The lowest BCUT2D eigenvalue weighted by atomic mass is 9.85. The molecule has 0 aliphatic carbocycles. The Kier molecular flexibility index (Phi) is 4.29. The minimum atomic E-state index is -4.48. The van der Waals surface area contributed by atoms with Gasteiger partial charge in [0.15, 0.2) is 9.84 Å². The van der Waals surface area contributed by atoms with Crippen LogP contribution in [0, 0.1) is 6.92 Å². The highest BCUT2D eigenvalue weighted by atomic mass is 32.2. The van der Waals surface area contributed by atoms with Crippen molar-refractivity contribution >= 4 is 21.6 Å². The van der Waals surface area contributed by atoms with Crippen molar-refractivity contribution in [2.75, 3.05) is 16.8 Å². The molecule has 1 amide bonds. The summed E-state index contributed by atoms with van der Waals surface area (Å²) >= 11 is 0. The second kappa shape index (κ2) is 6.33. The number of alkyl halides is 3.